The Bertz CT molecular complexity index is 1070. The molecule has 1 saturated heterocycles. The number of piperidine rings is 1. The van der Waals surface area contributed by atoms with Gasteiger partial charge in [0, 0.05) is 36.2 Å². The molecule has 5 heteroatoms. The molecule has 1 aliphatic carbocycles. The summed E-state index contributed by atoms with van der Waals surface area (Å²) in [4.78, 5) is 15.4. The SMILES string of the molecule is COC(=O)[C@H]1c2c(c3ccccc3n2C)[C@@H]2C[C@H]1CCN2CCOCc1ccccc1. The fourth-order valence-electron chi connectivity index (χ4n) is 5.68. The van der Waals surface area contributed by atoms with Crippen molar-refractivity contribution in [1.29, 1.82) is 0 Å². The van der Waals surface area contributed by atoms with Crippen LogP contribution in [0.4, 0.5) is 0 Å². The fraction of sp³-hybridized carbons (Fsp3) is 0.423. The maximum Gasteiger partial charge on any atom is 0.314 e. The van der Waals surface area contributed by atoms with E-state index in [-0.39, 0.29) is 11.9 Å². The summed E-state index contributed by atoms with van der Waals surface area (Å²) in [5, 5.41) is 1.26. The van der Waals surface area contributed by atoms with E-state index in [1.165, 1.54) is 29.1 Å². The molecule has 1 aromatic heterocycles. The van der Waals surface area contributed by atoms with Crippen LogP contribution in [0.3, 0.4) is 0 Å². The summed E-state index contributed by atoms with van der Waals surface area (Å²) < 4.78 is 13.5. The number of rotatable bonds is 6. The van der Waals surface area contributed by atoms with E-state index in [0.717, 1.165) is 31.6 Å². The molecular weight excluding hydrogens is 388 g/mol. The van der Waals surface area contributed by atoms with E-state index < -0.39 is 0 Å². The summed E-state index contributed by atoms with van der Waals surface area (Å²) in [5.41, 5.74) is 4.85. The molecule has 2 heterocycles. The Kier molecular flexibility index (Phi) is 5.55. The van der Waals surface area contributed by atoms with Gasteiger partial charge in [-0.05, 0) is 42.5 Å². The number of ether oxygens (including phenoxy) is 2. The first kappa shape index (κ1) is 20.3. The van der Waals surface area contributed by atoms with Crippen molar-refractivity contribution < 1.29 is 14.3 Å². The van der Waals surface area contributed by atoms with E-state index in [9.17, 15) is 4.79 Å². The molecule has 0 unspecified atom stereocenters. The van der Waals surface area contributed by atoms with Gasteiger partial charge in [-0.25, -0.2) is 0 Å². The summed E-state index contributed by atoms with van der Waals surface area (Å²) in [6, 6.07) is 19.2. The number of para-hydroxylation sites is 1. The minimum atomic E-state index is -0.176. The molecule has 3 atom stereocenters. The number of aromatic nitrogens is 1. The van der Waals surface area contributed by atoms with Crippen molar-refractivity contribution >= 4 is 16.9 Å². The van der Waals surface area contributed by atoms with E-state index in [1.807, 2.05) is 18.2 Å². The number of esters is 1. The van der Waals surface area contributed by atoms with Crippen molar-refractivity contribution in [2.24, 2.45) is 13.0 Å². The van der Waals surface area contributed by atoms with Crippen LogP contribution in [0, 0.1) is 5.92 Å². The van der Waals surface area contributed by atoms with Crippen molar-refractivity contribution in [3.8, 4) is 0 Å². The lowest BCUT2D eigenvalue weighted by Gasteiger charge is -2.46. The largest absolute Gasteiger partial charge is 0.468 e. The van der Waals surface area contributed by atoms with Crippen molar-refractivity contribution in [1.82, 2.24) is 9.47 Å². The molecule has 0 radical (unpaired) electrons. The smallest absolute Gasteiger partial charge is 0.314 e. The first-order valence-corrected chi connectivity index (χ1v) is 11.2. The highest BCUT2D eigenvalue weighted by Crippen LogP contribution is 2.51. The van der Waals surface area contributed by atoms with Crippen molar-refractivity contribution in [3.05, 3.63) is 71.4 Å². The molecule has 31 heavy (non-hydrogen) atoms. The number of methoxy groups -OCH3 is 1. The minimum Gasteiger partial charge on any atom is -0.468 e. The van der Waals surface area contributed by atoms with Crippen molar-refractivity contribution in [2.75, 3.05) is 26.8 Å². The lowest BCUT2D eigenvalue weighted by Crippen LogP contribution is -2.45. The number of likely N-dealkylation sites (tertiary alicyclic amines) is 1. The second-order valence-electron chi connectivity index (χ2n) is 8.75. The lowest BCUT2D eigenvalue weighted by molar-refractivity contribution is -0.145. The molecular formula is C26H30N2O3. The van der Waals surface area contributed by atoms with Crippen LogP contribution in [0.5, 0.6) is 0 Å². The van der Waals surface area contributed by atoms with Crippen LogP contribution in [-0.2, 0) is 27.9 Å². The maximum absolute atomic E-state index is 12.8. The molecule has 162 valence electrons. The Balaban J connectivity index is 1.42. The molecule has 2 aliphatic rings. The number of carbonyl (C=O) groups is 1. The van der Waals surface area contributed by atoms with Gasteiger partial charge in [-0.15, -0.1) is 0 Å². The van der Waals surface area contributed by atoms with Crippen molar-refractivity contribution in [2.45, 2.75) is 31.4 Å². The fourth-order valence-corrected chi connectivity index (χ4v) is 5.68. The molecule has 1 aliphatic heterocycles. The number of fused-ring (bicyclic) bond motifs is 6. The zero-order valence-corrected chi connectivity index (χ0v) is 18.3. The zero-order chi connectivity index (χ0) is 21.4. The third-order valence-electron chi connectivity index (χ3n) is 7.14. The summed E-state index contributed by atoms with van der Waals surface area (Å²) in [6.45, 7) is 3.23. The molecule has 0 saturated carbocycles. The average Bonchev–Trinajstić information content (AvgIpc) is 3.11. The van der Waals surface area contributed by atoms with Gasteiger partial charge in [0.25, 0.3) is 0 Å². The van der Waals surface area contributed by atoms with Gasteiger partial charge < -0.3 is 14.0 Å². The molecule has 2 bridgehead atoms. The van der Waals surface area contributed by atoms with Crippen LogP contribution < -0.4 is 0 Å². The van der Waals surface area contributed by atoms with Crippen LogP contribution >= 0.6 is 0 Å². The Morgan fingerprint density at radius 3 is 2.68 bits per heavy atom. The predicted octanol–water partition coefficient (Wildman–Crippen LogP) is 4.42. The topological polar surface area (TPSA) is 43.7 Å². The third-order valence-corrected chi connectivity index (χ3v) is 7.14. The van der Waals surface area contributed by atoms with Gasteiger partial charge >= 0.3 is 5.97 Å². The Morgan fingerprint density at radius 1 is 1.10 bits per heavy atom. The molecule has 2 aromatic carbocycles. The Morgan fingerprint density at radius 2 is 1.87 bits per heavy atom. The van der Waals surface area contributed by atoms with Crippen LogP contribution in [0.15, 0.2) is 54.6 Å². The van der Waals surface area contributed by atoms with E-state index in [0.29, 0.717) is 25.2 Å². The number of nitrogens with zero attached hydrogens (tertiary/aromatic N) is 2. The molecule has 0 amide bonds. The van der Waals surface area contributed by atoms with Crippen LogP contribution in [0.1, 0.15) is 41.6 Å². The van der Waals surface area contributed by atoms with E-state index >= 15 is 0 Å². The molecule has 3 aromatic rings. The van der Waals surface area contributed by atoms with Gasteiger partial charge in [0.05, 0.1) is 20.3 Å². The molecule has 5 rings (SSSR count). The first-order valence-electron chi connectivity index (χ1n) is 11.2. The van der Waals surface area contributed by atoms with Crippen LogP contribution in [0.2, 0.25) is 0 Å². The number of hydrogen-bond donors (Lipinski definition) is 0. The van der Waals surface area contributed by atoms with E-state index in [1.54, 1.807) is 0 Å². The second-order valence-corrected chi connectivity index (χ2v) is 8.75. The molecule has 0 N–H and O–H groups in total. The van der Waals surface area contributed by atoms with E-state index in [2.05, 4.69) is 52.9 Å². The molecule has 5 nitrogen and oxygen atoms in total. The first-order chi connectivity index (χ1) is 15.2. The highest BCUT2D eigenvalue weighted by Gasteiger charge is 2.47. The number of benzene rings is 2. The third kappa shape index (κ3) is 3.56. The van der Waals surface area contributed by atoms with Gasteiger partial charge in [-0.2, -0.15) is 0 Å². The predicted molar refractivity (Wildman–Crippen MR) is 121 cm³/mol. The summed E-state index contributed by atoms with van der Waals surface area (Å²) in [5.74, 6) is 0.0508. The highest BCUT2D eigenvalue weighted by atomic mass is 16.5. The lowest BCUT2D eigenvalue weighted by atomic mass is 9.71. The average molecular weight is 419 g/mol. The van der Waals surface area contributed by atoms with Gasteiger partial charge in [0.15, 0.2) is 0 Å². The summed E-state index contributed by atoms with van der Waals surface area (Å²) in [6.07, 6.45) is 2.01. The van der Waals surface area contributed by atoms with Gasteiger partial charge in [0.1, 0.15) is 5.92 Å². The quantitative estimate of drug-likeness (QED) is 0.439. The number of aryl methyl sites for hydroxylation is 1. The van der Waals surface area contributed by atoms with E-state index in [4.69, 9.17) is 9.47 Å². The normalized spacial score (nSPS) is 23.0. The van der Waals surface area contributed by atoms with Crippen LogP contribution in [0.25, 0.3) is 10.9 Å². The number of hydrogen-bond acceptors (Lipinski definition) is 4. The highest BCUT2D eigenvalue weighted by molar-refractivity contribution is 5.90. The van der Waals surface area contributed by atoms with Gasteiger partial charge in [0.2, 0.25) is 0 Å². The summed E-state index contributed by atoms with van der Waals surface area (Å²) in [7, 11) is 3.60. The summed E-state index contributed by atoms with van der Waals surface area (Å²) >= 11 is 0. The maximum atomic E-state index is 12.8. The molecule has 0 spiro atoms. The van der Waals surface area contributed by atoms with Gasteiger partial charge in [-0.1, -0.05) is 48.5 Å². The Labute approximate surface area is 183 Å². The minimum absolute atomic E-state index is 0.102. The standard InChI is InChI=1S/C26H30N2O3/c1-27-21-11-7-6-10-20(21)24-22-16-19(23(25(24)27)26(29)30-2)12-13-28(22)14-15-31-17-18-8-4-3-5-9-18/h3-11,19,22-23H,12-17H2,1-2H3/t19-,22+,23-/m1/s1. The Hall–Kier alpha value is -2.63. The monoisotopic (exact) mass is 418 g/mol. The van der Waals surface area contributed by atoms with Crippen LogP contribution in [-0.4, -0.2) is 42.2 Å². The van der Waals surface area contributed by atoms with Crippen molar-refractivity contribution in [3.63, 3.8) is 0 Å². The zero-order valence-electron chi connectivity index (χ0n) is 18.3. The number of carbonyl (C=O) groups excluding carboxylic acids is 1. The van der Waals surface area contributed by atoms with Gasteiger partial charge in [-0.3, -0.25) is 9.69 Å². The second kappa shape index (κ2) is 8.48. The molecule has 1 fully saturated rings.